The molecule has 2 N–H and O–H groups in total. The predicted molar refractivity (Wildman–Crippen MR) is 106 cm³/mol. The average Bonchev–Trinajstić information content (AvgIpc) is 3.23. The van der Waals surface area contributed by atoms with Crippen LogP contribution in [0.3, 0.4) is 0 Å². The predicted octanol–water partition coefficient (Wildman–Crippen LogP) is 4.09. The summed E-state index contributed by atoms with van der Waals surface area (Å²) < 4.78 is 52.6. The summed E-state index contributed by atoms with van der Waals surface area (Å²) in [6, 6.07) is 10.7. The largest absolute Gasteiger partial charge is 0.416 e. The first kappa shape index (κ1) is 20.7. The average molecular weight is 406 g/mol. The van der Waals surface area contributed by atoms with Crippen molar-refractivity contribution in [1.29, 1.82) is 0 Å². The number of alkyl halides is 3. The van der Waals surface area contributed by atoms with Gasteiger partial charge in [-0.05, 0) is 35.4 Å². The van der Waals surface area contributed by atoms with E-state index in [0.29, 0.717) is 18.6 Å². The molecule has 154 valence electrons. The second-order valence-corrected chi connectivity index (χ2v) is 6.62. The Morgan fingerprint density at radius 1 is 1.03 bits per heavy atom. The van der Waals surface area contributed by atoms with Crippen molar-refractivity contribution in [2.24, 2.45) is 4.99 Å². The fraction of sp³-hybridized carbons (Fsp3) is 0.286. The van der Waals surface area contributed by atoms with E-state index in [1.807, 2.05) is 18.2 Å². The van der Waals surface area contributed by atoms with Gasteiger partial charge in [0.2, 0.25) is 0 Å². The molecule has 0 saturated carbocycles. The zero-order chi connectivity index (χ0) is 20.9. The Bertz CT molecular complexity index is 898. The van der Waals surface area contributed by atoms with Crippen molar-refractivity contribution >= 4 is 11.6 Å². The van der Waals surface area contributed by atoms with Crippen molar-refractivity contribution in [2.45, 2.75) is 19.3 Å². The third-order valence-electron chi connectivity index (χ3n) is 4.60. The summed E-state index contributed by atoms with van der Waals surface area (Å²) in [5.74, 6) is -0.563. The Morgan fingerprint density at radius 2 is 1.76 bits per heavy atom. The maximum absolute atomic E-state index is 13.2. The molecule has 0 aromatic heterocycles. The van der Waals surface area contributed by atoms with Crippen LogP contribution in [0.5, 0.6) is 0 Å². The Labute approximate surface area is 166 Å². The van der Waals surface area contributed by atoms with Crippen LogP contribution in [0.15, 0.2) is 59.6 Å². The van der Waals surface area contributed by atoms with Crippen LogP contribution in [0.25, 0.3) is 0 Å². The number of hydrogen-bond acceptors (Lipinski definition) is 2. The lowest BCUT2D eigenvalue weighted by Crippen LogP contribution is -2.36. The van der Waals surface area contributed by atoms with Crippen molar-refractivity contribution in [3.63, 3.8) is 0 Å². The minimum atomic E-state index is -4.62. The molecule has 8 heteroatoms. The molecule has 0 atom stereocenters. The number of rotatable bonds is 5. The molecule has 2 aromatic carbocycles. The van der Waals surface area contributed by atoms with Gasteiger partial charge in [0.05, 0.1) is 5.56 Å². The molecule has 0 amide bonds. The summed E-state index contributed by atoms with van der Waals surface area (Å²) in [6.07, 6.45) is -0.399. The monoisotopic (exact) mass is 406 g/mol. The van der Waals surface area contributed by atoms with Gasteiger partial charge in [0.25, 0.3) is 0 Å². The van der Waals surface area contributed by atoms with Gasteiger partial charge in [-0.1, -0.05) is 30.4 Å². The summed E-state index contributed by atoms with van der Waals surface area (Å²) in [4.78, 5) is 6.27. The van der Waals surface area contributed by atoms with Gasteiger partial charge in [-0.3, -0.25) is 4.99 Å². The Balaban J connectivity index is 1.60. The zero-order valence-corrected chi connectivity index (χ0v) is 15.9. The Morgan fingerprint density at radius 3 is 2.45 bits per heavy atom. The molecule has 3 rings (SSSR count). The topological polar surface area (TPSA) is 39.7 Å². The van der Waals surface area contributed by atoms with Crippen LogP contribution in [0, 0.1) is 5.82 Å². The van der Waals surface area contributed by atoms with Crippen molar-refractivity contribution in [2.75, 3.05) is 25.0 Å². The zero-order valence-electron chi connectivity index (χ0n) is 15.9. The quantitative estimate of drug-likeness (QED) is 0.340. The van der Waals surface area contributed by atoms with Gasteiger partial charge in [0.1, 0.15) is 5.82 Å². The van der Waals surface area contributed by atoms with Crippen molar-refractivity contribution in [1.82, 2.24) is 10.6 Å². The molecule has 0 bridgehead atoms. The fourth-order valence-electron chi connectivity index (χ4n) is 3.10. The van der Waals surface area contributed by atoms with Crippen LogP contribution in [0.1, 0.15) is 16.7 Å². The van der Waals surface area contributed by atoms with Gasteiger partial charge in [-0.2, -0.15) is 13.2 Å². The van der Waals surface area contributed by atoms with Gasteiger partial charge >= 0.3 is 6.18 Å². The molecule has 2 aromatic rings. The molecule has 29 heavy (non-hydrogen) atoms. The molecule has 0 fully saturated rings. The van der Waals surface area contributed by atoms with Gasteiger partial charge in [0, 0.05) is 38.9 Å². The van der Waals surface area contributed by atoms with Gasteiger partial charge in [0.15, 0.2) is 5.96 Å². The summed E-state index contributed by atoms with van der Waals surface area (Å²) in [5.41, 5.74) is 1.09. The minimum absolute atomic E-state index is 0.0506. The van der Waals surface area contributed by atoms with E-state index in [0.717, 1.165) is 36.5 Å². The number of hydrogen-bond donors (Lipinski definition) is 2. The van der Waals surface area contributed by atoms with Crippen LogP contribution in [-0.2, 0) is 19.3 Å². The molecule has 1 aliphatic rings. The number of halogens is 4. The standard InChI is InChI=1S/C21H22F4N4/c1-26-20(28-14-16-7-8-17(22)12-19(16)21(23,24)25)27-13-15-5-4-6-18(11-15)29-9-2-3-10-29/h2-8,11-12H,9-10,13-14H2,1H3,(H2,26,27,28). The van der Waals surface area contributed by atoms with E-state index in [-0.39, 0.29) is 12.1 Å². The highest BCUT2D eigenvalue weighted by Crippen LogP contribution is 2.32. The highest BCUT2D eigenvalue weighted by Gasteiger charge is 2.33. The Kier molecular flexibility index (Phi) is 6.41. The Hall–Kier alpha value is -3.03. The normalized spacial score (nSPS) is 14.4. The summed E-state index contributed by atoms with van der Waals surface area (Å²) in [6.45, 7) is 2.08. The SMILES string of the molecule is CN=C(NCc1cccc(N2CC=CC2)c1)NCc1ccc(F)cc1C(F)(F)F. The van der Waals surface area contributed by atoms with E-state index < -0.39 is 17.6 Å². The smallest absolute Gasteiger partial charge is 0.364 e. The molecule has 1 aliphatic heterocycles. The molecule has 0 unspecified atom stereocenters. The van der Waals surface area contributed by atoms with Crippen LogP contribution in [0.2, 0.25) is 0 Å². The fourth-order valence-corrected chi connectivity index (χ4v) is 3.10. The number of aliphatic imine (C=N–C) groups is 1. The van der Waals surface area contributed by atoms with Crippen LogP contribution in [-0.4, -0.2) is 26.1 Å². The lowest BCUT2D eigenvalue weighted by atomic mass is 10.1. The van der Waals surface area contributed by atoms with Gasteiger partial charge < -0.3 is 15.5 Å². The minimum Gasteiger partial charge on any atom is -0.364 e. The second-order valence-electron chi connectivity index (χ2n) is 6.62. The van der Waals surface area contributed by atoms with Crippen molar-refractivity contribution in [3.05, 3.63) is 77.1 Å². The molecule has 0 spiro atoms. The number of nitrogens with zero attached hydrogens (tertiary/aromatic N) is 2. The highest BCUT2D eigenvalue weighted by molar-refractivity contribution is 5.79. The molecule has 0 saturated heterocycles. The molecule has 1 heterocycles. The highest BCUT2D eigenvalue weighted by atomic mass is 19.4. The van der Waals surface area contributed by atoms with Crippen LogP contribution < -0.4 is 15.5 Å². The molecule has 4 nitrogen and oxygen atoms in total. The summed E-state index contributed by atoms with van der Waals surface area (Å²) in [7, 11) is 1.54. The van der Waals surface area contributed by atoms with Crippen LogP contribution >= 0.6 is 0 Å². The van der Waals surface area contributed by atoms with Gasteiger partial charge in [-0.25, -0.2) is 4.39 Å². The summed E-state index contributed by atoms with van der Waals surface area (Å²) in [5, 5.41) is 5.95. The molecular weight excluding hydrogens is 384 g/mol. The van der Waals surface area contributed by atoms with E-state index in [4.69, 9.17) is 0 Å². The first-order valence-corrected chi connectivity index (χ1v) is 9.16. The maximum atomic E-state index is 13.2. The van der Waals surface area contributed by atoms with Crippen molar-refractivity contribution < 1.29 is 17.6 Å². The number of benzene rings is 2. The summed E-state index contributed by atoms with van der Waals surface area (Å²) >= 11 is 0. The maximum Gasteiger partial charge on any atom is 0.416 e. The van der Waals surface area contributed by atoms with E-state index in [1.165, 1.54) is 7.05 Å². The molecule has 0 aliphatic carbocycles. The first-order chi connectivity index (χ1) is 13.9. The molecule has 0 radical (unpaired) electrons. The third-order valence-corrected chi connectivity index (χ3v) is 4.60. The number of nitrogens with one attached hydrogen (secondary N) is 2. The molecular formula is C21H22F4N4. The van der Waals surface area contributed by atoms with Crippen LogP contribution in [0.4, 0.5) is 23.2 Å². The first-order valence-electron chi connectivity index (χ1n) is 9.16. The van der Waals surface area contributed by atoms with E-state index in [2.05, 4.69) is 38.7 Å². The van der Waals surface area contributed by atoms with E-state index >= 15 is 0 Å². The number of anilines is 1. The lowest BCUT2D eigenvalue weighted by Gasteiger charge is -2.19. The van der Waals surface area contributed by atoms with Crippen molar-refractivity contribution in [3.8, 4) is 0 Å². The lowest BCUT2D eigenvalue weighted by molar-refractivity contribution is -0.138. The number of guanidine groups is 1. The van der Waals surface area contributed by atoms with Gasteiger partial charge in [-0.15, -0.1) is 0 Å². The second kappa shape index (κ2) is 8.98. The third kappa shape index (κ3) is 5.49. The van der Waals surface area contributed by atoms with E-state index in [9.17, 15) is 17.6 Å². The van der Waals surface area contributed by atoms with E-state index in [1.54, 1.807) is 0 Å².